The third kappa shape index (κ3) is 3.51. The second kappa shape index (κ2) is 7.92. The van der Waals surface area contributed by atoms with Gasteiger partial charge in [-0.1, -0.05) is 24.3 Å². The van der Waals surface area contributed by atoms with Gasteiger partial charge < -0.3 is 5.32 Å². The number of carbonyl (C=O) groups is 2. The molecule has 1 N–H and O–H groups in total. The number of para-hydroxylation sites is 2. The maximum atomic E-state index is 13.4. The fraction of sp³-hybridized carbons (Fsp3) is 0.200. The van der Waals surface area contributed by atoms with Gasteiger partial charge in [0.15, 0.2) is 0 Å². The summed E-state index contributed by atoms with van der Waals surface area (Å²) in [6.07, 6.45) is 1.73. The van der Waals surface area contributed by atoms with Crippen LogP contribution in [-0.4, -0.2) is 26.3 Å². The van der Waals surface area contributed by atoms with Crippen LogP contribution in [0.15, 0.2) is 66.9 Å². The number of anilines is 2. The Labute approximate surface area is 185 Å². The number of nitrogens with one attached hydrogen (secondary N) is 1. The second-order valence-corrected chi connectivity index (χ2v) is 8.08. The highest BCUT2D eigenvalue weighted by molar-refractivity contribution is 6.05. The summed E-state index contributed by atoms with van der Waals surface area (Å²) in [5.74, 6) is 0.181. The number of fused-ring (bicyclic) bond motifs is 3. The first-order valence-electron chi connectivity index (χ1n) is 10.6. The first-order chi connectivity index (χ1) is 15.5. The third-order valence-electron chi connectivity index (χ3n) is 5.90. The van der Waals surface area contributed by atoms with Gasteiger partial charge in [0.25, 0.3) is 5.91 Å². The van der Waals surface area contributed by atoms with Crippen LogP contribution in [-0.2, 0) is 16.1 Å². The number of benzene rings is 2. The molecule has 0 unspecified atom stereocenters. The summed E-state index contributed by atoms with van der Waals surface area (Å²) in [4.78, 5) is 37.0. The number of carbonyl (C=O) groups excluding carboxylic acids is 2. The van der Waals surface area contributed by atoms with Crippen LogP contribution in [0.4, 0.5) is 11.6 Å². The number of nitrogens with zero attached hydrogens (tertiary/aromatic N) is 4. The molecule has 1 aliphatic rings. The molecule has 0 aliphatic carbocycles. The number of aromatic nitrogens is 3. The largest absolute Gasteiger partial charge is 0.326 e. The average molecular weight is 425 g/mol. The zero-order chi connectivity index (χ0) is 22.2. The molecule has 160 valence electrons. The molecule has 2 amide bonds. The summed E-state index contributed by atoms with van der Waals surface area (Å²) in [7, 11) is 0. The Hall–Kier alpha value is -4.00. The lowest BCUT2D eigenvalue weighted by Crippen LogP contribution is -2.31. The van der Waals surface area contributed by atoms with Gasteiger partial charge in [-0.3, -0.25) is 24.0 Å². The normalized spacial score (nSPS) is 15.2. The third-order valence-corrected chi connectivity index (χ3v) is 5.90. The van der Waals surface area contributed by atoms with E-state index in [2.05, 4.69) is 10.3 Å². The van der Waals surface area contributed by atoms with Crippen molar-refractivity contribution in [2.45, 2.75) is 32.9 Å². The Morgan fingerprint density at radius 2 is 1.84 bits per heavy atom. The summed E-state index contributed by atoms with van der Waals surface area (Å²) in [6, 6.07) is 18.4. The molecule has 0 radical (unpaired) electrons. The fourth-order valence-corrected chi connectivity index (χ4v) is 4.11. The highest BCUT2D eigenvalue weighted by Gasteiger charge is 2.41. The van der Waals surface area contributed by atoms with Crippen LogP contribution in [0.3, 0.4) is 0 Å². The van der Waals surface area contributed by atoms with Gasteiger partial charge in [0.2, 0.25) is 11.9 Å². The lowest BCUT2D eigenvalue weighted by molar-refractivity contribution is -0.124. The maximum Gasteiger partial charge on any atom is 0.253 e. The molecule has 5 rings (SSSR count). The number of pyridine rings is 1. The molecule has 0 bridgehead atoms. The van der Waals surface area contributed by atoms with E-state index in [1.54, 1.807) is 11.1 Å². The highest BCUT2D eigenvalue weighted by Crippen LogP contribution is 2.37. The number of amides is 2. The van der Waals surface area contributed by atoms with Gasteiger partial charge >= 0.3 is 0 Å². The fourth-order valence-electron chi connectivity index (χ4n) is 4.11. The maximum absolute atomic E-state index is 13.4. The van der Waals surface area contributed by atoms with Crippen LogP contribution < -0.4 is 10.2 Å². The van der Waals surface area contributed by atoms with E-state index in [1.165, 1.54) is 0 Å². The summed E-state index contributed by atoms with van der Waals surface area (Å²) in [5, 5.41) is 2.94. The van der Waals surface area contributed by atoms with Crippen molar-refractivity contribution >= 4 is 34.5 Å². The SMILES string of the molecule is Cc1ccc(NC(=O)C[C@@H]2C(=O)N(Cc3ccccn3)c3nc4ccccc4n32)cc1C. The minimum atomic E-state index is -0.660. The standard InChI is InChI=1S/C25H23N5O2/c1-16-10-11-18(13-17(16)2)27-23(31)14-22-24(32)29(15-19-7-5-6-12-26-19)25-28-20-8-3-4-9-21(20)30(22)25/h3-13,22H,14-15H2,1-2H3,(H,27,31)/t22-/m1/s1. The molecule has 0 saturated heterocycles. The quantitative estimate of drug-likeness (QED) is 0.521. The van der Waals surface area contributed by atoms with Crippen LogP contribution in [0.5, 0.6) is 0 Å². The van der Waals surface area contributed by atoms with Gasteiger partial charge in [-0.05, 0) is 61.4 Å². The molecule has 7 heteroatoms. The van der Waals surface area contributed by atoms with Gasteiger partial charge in [-0.2, -0.15) is 0 Å². The van der Waals surface area contributed by atoms with Gasteiger partial charge in [0, 0.05) is 11.9 Å². The molecule has 32 heavy (non-hydrogen) atoms. The van der Waals surface area contributed by atoms with Crippen LogP contribution in [0.2, 0.25) is 0 Å². The van der Waals surface area contributed by atoms with E-state index in [4.69, 9.17) is 4.98 Å². The minimum Gasteiger partial charge on any atom is -0.326 e. The van der Waals surface area contributed by atoms with Crippen molar-refractivity contribution in [3.05, 3.63) is 83.7 Å². The lowest BCUT2D eigenvalue weighted by Gasteiger charge is -2.16. The van der Waals surface area contributed by atoms with Crippen LogP contribution in [0, 0.1) is 13.8 Å². The Morgan fingerprint density at radius 1 is 1.03 bits per heavy atom. The second-order valence-electron chi connectivity index (χ2n) is 8.08. The summed E-state index contributed by atoms with van der Waals surface area (Å²) in [6.45, 7) is 4.34. The van der Waals surface area contributed by atoms with E-state index in [0.717, 1.165) is 33.5 Å². The molecule has 0 fully saturated rings. The predicted molar refractivity (Wildman–Crippen MR) is 123 cm³/mol. The smallest absolute Gasteiger partial charge is 0.253 e. The number of hydrogen-bond acceptors (Lipinski definition) is 4. The van der Waals surface area contributed by atoms with Crippen molar-refractivity contribution < 1.29 is 9.59 Å². The van der Waals surface area contributed by atoms with Gasteiger partial charge in [-0.25, -0.2) is 4.98 Å². The number of aryl methyl sites for hydroxylation is 2. The van der Waals surface area contributed by atoms with Gasteiger partial charge in [0.05, 0.1) is 29.7 Å². The first kappa shape index (κ1) is 19.9. The highest BCUT2D eigenvalue weighted by atomic mass is 16.2. The molecular weight excluding hydrogens is 402 g/mol. The minimum absolute atomic E-state index is 0.0256. The van der Waals surface area contributed by atoms with Crippen LogP contribution in [0.25, 0.3) is 11.0 Å². The van der Waals surface area contributed by atoms with E-state index in [9.17, 15) is 9.59 Å². The number of imidazole rings is 1. The lowest BCUT2D eigenvalue weighted by atomic mass is 10.1. The Morgan fingerprint density at radius 3 is 2.62 bits per heavy atom. The van der Waals surface area contributed by atoms with Crippen molar-refractivity contribution in [1.29, 1.82) is 0 Å². The van der Waals surface area contributed by atoms with Crippen LogP contribution >= 0.6 is 0 Å². The van der Waals surface area contributed by atoms with Crippen LogP contribution in [0.1, 0.15) is 29.3 Å². The molecule has 4 aromatic rings. The molecule has 2 aromatic carbocycles. The summed E-state index contributed by atoms with van der Waals surface area (Å²) < 4.78 is 1.88. The summed E-state index contributed by atoms with van der Waals surface area (Å²) >= 11 is 0. The summed E-state index contributed by atoms with van der Waals surface area (Å²) in [5.41, 5.74) is 5.38. The molecule has 1 atom stereocenters. The first-order valence-corrected chi connectivity index (χ1v) is 10.6. The van der Waals surface area contributed by atoms with E-state index in [1.807, 2.05) is 79.1 Å². The van der Waals surface area contributed by atoms with E-state index >= 15 is 0 Å². The number of rotatable bonds is 5. The predicted octanol–water partition coefficient (Wildman–Crippen LogP) is 4.16. The van der Waals surface area contributed by atoms with Crippen molar-refractivity contribution in [2.24, 2.45) is 0 Å². The monoisotopic (exact) mass is 425 g/mol. The van der Waals surface area contributed by atoms with E-state index < -0.39 is 6.04 Å². The molecular formula is C25H23N5O2. The Bertz CT molecular complexity index is 1330. The number of hydrogen-bond donors (Lipinski definition) is 1. The molecule has 1 aliphatic heterocycles. The van der Waals surface area contributed by atoms with E-state index in [-0.39, 0.29) is 18.2 Å². The molecule has 2 aromatic heterocycles. The van der Waals surface area contributed by atoms with E-state index in [0.29, 0.717) is 12.5 Å². The van der Waals surface area contributed by atoms with Gasteiger partial charge in [-0.15, -0.1) is 0 Å². The zero-order valence-electron chi connectivity index (χ0n) is 17.9. The molecule has 0 spiro atoms. The molecule has 0 saturated carbocycles. The average Bonchev–Trinajstić information content (AvgIpc) is 3.28. The molecule has 3 heterocycles. The topological polar surface area (TPSA) is 80.1 Å². The van der Waals surface area contributed by atoms with Crippen molar-refractivity contribution in [3.8, 4) is 0 Å². The zero-order valence-corrected chi connectivity index (χ0v) is 17.9. The van der Waals surface area contributed by atoms with Gasteiger partial charge in [0.1, 0.15) is 6.04 Å². The van der Waals surface area contributed by atoms with Crippen molar-refractivity contribution in [1.82, 2.24) is 14.5 Å². The van der Waals surface area contributed by atoms with Crippen molar-refractivity contribution in [3.63, 3.8) is 0 Å². The Balaban J connectivity index is 1.46. The molecule has 7 nitrogen and oxygen atoms in total. The Kier molecular flexibility index (Phi) is 4.93. The van der Waals surface area contributed by atoms with Crippen molar-refractivity contribution in [2.75, 3.05) is 10.2 Å².